The highest BCUT2D eigenvalue weighted by molar-refractivity contribution is 8.00. The first kappa shape index (κ1) is 19.1. The normalized spacial score (nSPS) is 12.0. The summed E-state index contributed by atoms with van der Waals surface area (Å²) < 4.78 is 20.5. The molecular formula is C20H20FN3O2S. The van der Waals surface area contributed by atoms with Gasteiger partial charge in [0, 0.05) is 12.1 Å². The van der Waals surface area contributed by atoms with E-state index >= 15 is 0 Å². The van der Waals surface area contributed by atoms with Crippen molar-refractivity contribution >= 4 is 17.5 Å². The van der Waals surface area contributed by atoms with Crippen LogP contribution in [0.25, 0.3) is 11.4 Å². The standard InChI is InChI=1S/C20H20FN3O2S/c1-4-24-19(16-7-5-6-8-17(16)26-3)22-23-20(24)27-13(2)18(25)14-9-11-15(21)12-10-14/h5-13H,4H2,1-3H3. The third kappa shape index (κ3) is 4.03. The SMILES string of the molecule is CCn1c(SC(C)C(=O)c2ccc(F)cc2)nnc1-c1ccccc1OC. The molecule has 0 saturated heterocycles. The van der Waals surface area contributed by atoms with E-state index in [-0.39, 0.29) is 16.9 Å². The molecule has 3 rings (SSSR count). The fraction of sp³-hybridized carbons (Fsp3) is 0.250. The summed E-state index contributed by atoms with van der Waals surface area (Å²) in [5.41, 5.74) is 1.32. The Morgan fingerprint density at radius 2 is 1.89 bits per heavy atom. The van der Waals surface area contributed by atoms with Gasteiger partial charge in [-0.1, -0.05) is 23.9 Å². The quantitative estimate of drug-likeness (QED) is 0.443. The number of Topliss-reactive ketones (excluding diaryl/α,β-unsaturated/α-hetero) is 1. The maximum Gasteiger partial charge on any atom is 0.192 e. The molecule has 1 atom stereocenters. The van der Waals surface area contributed by atoms with Crippen LogP contribution in [0.5, 0.6) is 5.75 Å². The third-order valence-electron chi connectivity index (χ3n) is 4.16. The molecule has 2 aromatic carbocycles. The van der Waals surface area contributed by atoms with Gasteiger partial charge in [-0.25, -0.2) is 4.39 Å². The zero-order chi connectivity index (χ0) is 19.4. The number of methoxy groups -OCH3 is 1. The van der Waals surface area contributed by atoms with Gasteiger partial charge in [0.15, 0.2) is 16.8 Å². The van der Waals surface area contributed by atoms with Crippen LogP contribution in [-0.4, -0.2) is 32.9 Å². The van der Waals surface area contributed by atoms with Crippen LogP contribution < -0.4 is 4.74 Å². The molecule has 7 heteroatoms. The number of ether oxygens (including phenoxy) is 1. The first-order valence-electron chi connectivity index (χ1n) is 8.58. The van der Waals surface area contributed by atoms with Crippen molar-refractivity contribution in [3.8, 4) is 17.1 Å². The van der Waals surface area contributed by atoms with Crippen molar-refractivity contribution in [2.45, 2.75) is 30.8 Å². The Morgan fingerprint density at radius 3 is 2.56 bits per heavy atom. The lowest BCUT2D eigenvalue weighted by atomic mass is 10.1. The number of nitrogens with zero attached hydrogens (tertiary/aromatic N) is 3. The van der Waals surface area contributed by atoms with Crippen LogP contribution in [0.1, 0.15) is 24.2 Å². The second kappa shape index (κ2) is 8.35. The summed E-state index contributed by atoms with van der Waals surface area (Å²) in [6.45, 7) is 4.47. The van der Waals surface area contributed by atoms with Crippen molar-refractivity contribution in [1.82, 2.24) is 14.8 Å². The Morgan fingerprint density at radius 1 is 1.19 bits per heavy atom. The first-order valence-corrected chi connectivity index (χ1v) is 9.46. The molecule has 3 aromatic rings. The van der Waals surface area contributed by atoms with Gasteiger partial charge in [0.25, 0.3) is 0 Å². The number of ketones is 1. The maximum atomic E-state index is 13.1. The highest BCUT2D eigenvalue weighted by atomic mass is 32.2. The predicted molar refractivity (Wildman–Crippen MR) is 104 cm³/mol. The molecule has 0 aliphatic heterocycles. The maximum absolute atomic E-state index is 13.1. The third-order valence-corrected chi connectivity index (χ3v) is 5.24. The number of hydrogen-bond donors (Lipinski definition) is 0. The van der Waals surface area contributed by atoms with Crippen molar-refractivity contribution in [1.29, 1.82) is 0 Å². The van der Waals surface area contributed by atoms with E-state index in [4.69, 9.17) is 4.74 Å². The molecule has 0 fully saturated rings. The molecule has 1 unspecified atom stereocenters. The van der Waals surface area contributed by atoms with Crippen molar-refractivity contribution in [3.05, 3.63) is 59.9 Å². The van der Waals surface area contributed by atoms with Crippen molar-refractivity contribution in [2.24, 2.45) is 0 Å². The molecule has 0 aliphatic rings. The van der Waals surface area contributed by atoms with E-state index < -0.39 is 0 Å². The van der Waals surface area contributed by atoms with Crippen LogP contribution in [0.15, 0.2) is 53.7 Å². The second-order valence-electron chi connectivity index (χ2n) is 5.88. The highest BCUT2D eigenvalue weighted by Crippen LogP contribution is 2.32. The highest BCUT2D eigenvalue weighted by Gasteiger charge is 2.22. The van der Waals surface area contributed by atoms with E-state index in [0.717, 1.165) is 5.56 Å². The number of benzene rings is 2. The predicted octanol–water partition coefficient (Wildman–Crippen LogP) is 4.48. The van der Waals surface area contributed by atoms with Crippen LogP contribution in [0, 0.1) is 5.82 Å². The van der Waals surface area contributed by atoms with Crippen molar-refractivity contribution in [3.63, 3.8) is 0 Å². The summed E-state index contributed by atoms with van der Waals surface area (Å²) in [7, 11) is 1.62. The summed E-state index contributed by atoms with van der Waals surface area (Å²) >= 11 is 1.34. The number of halogens is 1. The van der Waals surface area contributed by atoms with E-state index in [9.17, 15) is 9.18 Å². The Kier molecular flexibility index (Phi) is 5.91. The molecule has 0 amide bonds. The van der Waals surface area contributed by atoms with Gasteiger partial charge in [0.2, 0.25) is 0 Å². The smallest absolute Gasteiger partial charge is 0.192 e. The molecule has 0 N–H and O–H groups in total. The molecule has 0 radical (unpaired) electrons. The minimum absolute atomic E-state index is 0.0792. The lowest BCUT2D eigenvalue weighted by Crippen LogP contribution is -2.14. The minimum atomic E-state index is -0.379. The zero-order valence-electron chi connectivity index (χ0n) is 15.3. The summed E-state index contributed by atoms with van der Waals surface area (Å²) in [6.07, 6.45) is 0. The molecule has 0 aliphatic carbocycles. The minimum Gasteiger partial charge on any atom is -0.496 e. The number of hydrogen-bond acceptors (Lipinski definition) is 5. The molecule has 5 nitrogen and oxygen atoms in total. The van der Waals surface area contributed by atoms with Gasteiger partial charge in [-0.2, -0.15) is 0 Å². The number of rotatable bonds is 7. The monoisotopic (exact) mass is 385 g/mol. The van der Waals surface area contributed by atoms with Gasteiger partial charge in [0.1, 0.15) is 11.6 Å². The fourth-order valence-electron chi connectivity index (χ4n) is 2.75. The van der Waals surface area contributed by atoms with Gasteiger partial charge in [0.05, 0.1) is 17.9 Å². The van der Waals surface area contributed by atoms with Crippen LogP contribution in [0.3, 0.4) is 0 Å². The van der Waals surface area contributed by atoms with E-state index in [1.807, 2.05) is 42.7 Å². The number of carbonyl (C=O) groups excluding carboxylic acids is 1. The molecule has 27 heavy (non-hydrogen) atoms. The lowest BCUT2D eigenvalue weighted by molar-refractivity contribution is 0.0994. The fourth-order valence-corrected chi connectivity index (χ4v) is 3.74. The van der Waals surface area contributed by atoms with E-state index in [1.165, 1.54) is 36.0 Å². The Hall–Kier alpha value is -2.67. The number of carbonyl (C=O) groups is 1. The second-order valence-corrected chi connectivity index (χ2v) is 7.19. The molecule has 0 bridgehead atoms. The summed E-state index contributed by atoms with van der Waals surface area (Å²) in [5, 5.41) is 8.87. The van der Waals surface area contributed by atoms with E-state index in [2.05, 4.69) is 10.2 Å². The van der Waals surface area contributed by atoms with Gasteiger partial charge in [-0.3, -0.25) is 4.79 Å². The average molecular weight is 385 g/mol. The molecule has 140 valence electrons. The largest absolute Gasteiger partial charge is 0.496 e. The van der Waals surface area contributed by atoms with Gasteiger partial charge >= 0.3 is 0 Å². The van der Waals surface area contributed by atoms with Crippen LogP contribution in [0.4, 0.5) is 4.39 Å². The average Bonchev–Trinajstić information content (AvgIpc) is 3.10. The molecule has 0 spiro atoms. The lowest BCUT2D eigenvalue weighted by Gasteiger charge is -2.12. The van der Waals surface area contributed by atoms with Gasteiger partial charge < -0.3 is 9.30 Å². The molecule has 1 heterocycles. The van der Waals surface area contributed by atoms with Crippen molar-refractivity contribution in [2.75, 3.05) is 7.11 Å². The van der Waals surface area contributed by atoms with Crippen LogP contribution in [-0.2, 0) is 6.54 Å². The van der Waals surface area contributed by atoms with Crippen LogP contribution in [0.2, 0.25) is 0 Å². The Bertz CT molecular complexity index is 941. The summed E-state index contributed by atoms with van der Waals surface area (Å²) in [5.74, 6) is 0.967. The number of aromatic nitrogens is 3. The summed E-state index contributed by atoms with van der Waals surface area (Å²) in [6, 6.07) is 13.2. The zero-order valence-corrected chi connectivity index (χ0v) is 16.2. The number of para-hydroxylation sites is 1. The van der Waals surface area contributed by atoms with Crippen molar-refractivity contribution < 1.29 is 13.9 Å². The molecule has 1 aromatic heterocycles. The summed E-state index contributed by atoms with van der Waals surface area (Å²) in [4.78, 5) is 12.6. The van der Waals surface area contributed by atoms with E-state index in [1.54, 1.807) is 7.11 Å². The molecule has 0 saturated carbocycles. The Labute approximate surface area is 161 Å². The molecular weight excluding hydrogens is 365 g/mol. The number of thioether (sulfide) groups is 1. The van der Waals surface area contributed by atoms with Gasteiger partial charge in [-0.05, 0) is 50.2 Å². The van der Waals surface area contributed by atoms with E-state index in [0.29, 0.717) is 28.8 Å². The first-order chi connectivity index (χ1) is 13.0. The van der Waals surface area contributed by atoms with Crippen LogP contribution >= 0.6 is 11.8 Å². The Balaban J connectivity index is 1.86. The van der Waals surface area contributed by atoms with Gasteiger partial charge in [-0.15, -0.1) is 10.2 Å². The topological polar surface area (TPSA) is 57.0 Å².